The molecule has 0 saturated heterocycles. The van der Waals surface area contributed by atoms with Gasteiger partial charge >= 0.3 is 6.18 Å². The fourth-order valence-corrected chi connectivity index (χ4v) is 2.43. The second-order valence-electron chi connectivity index (χ2n) is 5.05. The van der Waals surface area contributed by atoms with Crippen LogP contribution in [0.4, 0.5) is 13.2 Å². The van der Waals surface area contributed by atoms with Gasteiger partial charge in [0.2, 0.25) is 0 Å². The van der Waals surface area contributed by atoms with Gasteiger partial charge in [-0.1, -0.05) is 35.8 Å². The average Bonchev–Trinajstić information content (AvgIpc) is 2.29. The molecule has 1 aromatic rings. The lowest BCUT2D eigenvalue weighted by molar-refractivity contribution is -0.138. The Morgan fingerprint density at radius 1 is 1.21 bits per heavy atom. The summed E-state index contributed by atoms with van der Waals surface area (Å²) in [7, 11) is 1.78. The summed E-state index contributed by atoms with van der Waals surface area (Å²) in [4.78, 5) is 0. The Labute approximate surface area is 120 Å². The summed E-state index contributed by atoms with van der Waals surface area (Å²) < 4.78 is 38.7. The number of nitrogens with one attached hydrogen (secondary N) is 1. The maximum atomic E-state index is 12.9. The Morgan fingerprint density at radius 3 is 2.32 bits per heavy atom. The number of alkyl halides is 3. The van der Waals surface area contributed by atoms with Crippen molar-refractivity contribution in [1.82, 2.24) is 5.32 Å². The minimum Gasteiger partial charge on any atom is -0.313 e. The second-order valence-corrected chi connectivity index (χ2v) is 5.90. The van der Waals surface area contributed by atoms with Gasteiger partial charge < -0.3 is 5.32 Å². The van der Waals surface area contributed by atoms with Crippen LogP contribution in [0.1, 0.15) is 43.9 Å². The summed E-state index contributed by atoms with van der Waals surface area (Å²) >= 11 is 2.96. The van der Waals surface area contributed by atoms with E-state index in [1.807, 2.05) is 0 Å². The summed E-state index contributed by atoms with van der Waals surface area (Å²) in [6.07, 6.45) is -2.53. The van der Waals surface area contributed by atoms with Crippen LogP contribution < -0.4 is 5.32 Å². The van der Waals surface area contributed by atoms with Crippen LogP contribution >= 0.6 is 15.9 Å². The Bertz CT molecular complexity index is 416. The van der Waals surface area contributed by atoms with Gasteiger partial charge in [0.05, 0.1) is 5.56 Å². The molecule has 1 atom stereocenters. The predicted octanol–water partition coefficient (Wildman–Crippen LogP) is 5.16. The van der Waals surface area contributed by atoms with Crippen molar-refractivity contribution in [2.24, 2.45) is 5.92 Å². The van der Waals surface area contributed by atoms with E-state index >= 15 is 0 Å². The van der Waals surface area contributed by atoms with Crippen LogP contribution in [0, 0.1) is 5.92 Å². The molecule has 0 aromatic heterocycles. The zero-order valence-electron chi connectivity index (χ0n) is 11.3. The highest BCUT2D eigenvalue weighted by atomic mass is 79.9. The first-order chi connectivity index (χ1) is 8.75. The lowest BCUT2D eigenvalue weighted by Crippen LogP contribution is -2.18. The van der Waals surface area contributed by atoms with E-state index in [1.54, 1.807) is 13.1 Å². The molecule has 108 valence electrons. The molecule has 0 fully saturated rings. The molecule has 1 nitrogen and oxygen atoms in total. The maximum absolute atomic E-state index is 12.9. The first-order valence-electron chi connectivity index (χ1n) is 6.29. The van der Waals surface area contributed by atoms with Crippen molar-refractivity contribution >= 4 is 15.9 Å². The van der Waals surface area contributed by atoms with Gasteiger partial charge in [0, 0.05) is 10.5 Å². The SMILES string of the molecule is CNC(CCC(C)C)c1ccc(Br)c(C(F)(F)F)c1. The smallest absolute Gasteiger partial charge is 0.313 e. The Kier molecular flexibility index (Phi) is 5.86. The van der Waals surface area contributed by atoms with Crippen LogP contribution in [0.5, 0.6) is 0 Å². The summed E-state index contributed by atoms with van der Waals surface area (Å²) in [6.45, 7) is 4.21. The zero-order valence-corrected chi connectivity index (χ0v) is 12.9. The monoisotopic (exact) mass is 337 g/mol. The lowest BCUT2D eigenvalue weighted by Gasteiger charge is -2.20. The molecule has 1 aromatic carbocycles. The van der Waals surface area contributed by atoms with Gasteiger partial charge in [0.25, 0.3) is 0 Å². The first kappa shape index (κ1) is 16.5. The highest BCUT2D eigenvalue weighted by Crippen LogP contribution is 2.36. The van der Waals surface area contributed by atoms with E-state index in [-0.39, 0.29) is 10.5 Å². The van der Waals surface area contributed by atoms with E-state index in [0.717, 1.165) is 12.8 Å². The number of hydrogen-bond acceptors (Lipinski definition) is 1. The van der Waals surface area contributed by atoms with Crippen LogP contribution in [0.2, 0.25) is 0 Å². The Hall–Kier alpha value is -0.550. The van der Waals surface area contributed by atoms with Crippen LogP contribution in [0.3, 0.4) is 0 Å². The minimum atomic E-state index is -4.33. The van der Waals surface area contributed by atoms with E-state index in [4.69, 9.17) is 0 Å². The molecule has 0 saturated carbocycles. The molecule has 1 N–H and O–H groups in total. The predicted molar refractivity (Wildman–Crippen MR) is 75.0 cm³/mol. The molecule has 0 aliphatic rings. The highest BCUT2D eigenvalue weighted by molar-refractivity contribution is 9.10. The first-order valence-corrected chi connectivity index (χ1v) is 7.09. The van der Waals surface area contributed by atoms with Gasteiger partial charge in [0.15, 0.2) is 0 Å². The van der Waals surface area contributed by atoms with Gasteiger partial charge in [-0.05, 0) is 43.5 Å². The molecule has 19 heavy (non-hydrogen) atoms. The van der Waals surface area contributed by atoms with Crippen molar-refractivity contribution in [3.63, 3.8) is 0 Å². The van der Waals surface area contributed by atoms with Crippen LogP contribution in [-0.4, -0.2) is 7.05 Å². The molecule has 0 aliphatic carbocycles. The quantitative estimate of drug-likeness (QED) is 0.781. The number of benzene rings is 1. The molecule has 1 rings (SSSR count). The summed E-state index contributed by atoms with van der Waals surface area (Å²) in [5, 5.41) is 3.09. The number of rotatable bonds is 5. The topological polar surface area (TPSA) is 12.0 Å². The molecule has 5 heteroatoms. The van der Waals surface area contributed by atoms with Gasteiger partial charge in [-0.3, -0.25) is 0 Å². The van der Waals surface area contributed by atoms with E-state index in [9.17, 15) is 13.2 Å². The van der Waals surface area contributed by atoms with Gasteiger partial charge in [0.1, 0.15) is 0 Å². The fourth-order valence-electron chi connectivity index (χ4n) is 1.95. The second kappa shape index (κ2) is 6.75. The van der Waals surface area contributed by atoms with Crippen LogP contribution in [0.15, 0.2) is 22.7 Å². The Morgan fingerprint density at radius 2 is 1.84 bits per heavy atom. The molecule has 0 bridgehead atoms. The van der Waals surface area contributed by atoms with Crippen molar-refractivity contribution in [1.29, 1.82) is 0 Å². The number of hydrogen-bond donors (Lipinski definition) is 1. The van der Waals surface area contributed by atoms with Crippen LogP contribution in [-0.2, 0) is 6.18 Å². The standard InChI is InChI=1S/C14H19BrF3N/c1-9(2)4-7-13(19-3)10-5-6-12(15)11(8-10)14(16,17)18/h5-6,8-9,13,19H,4,7H2,1-3H3. The summed E-state index contributed by atoms with van der Waals surface area (Å²) in [6, 6.07) is 4.39. The molecule has 0 radical (unpaired) electrons. The average molecular weight is 338 g/mol. The minimum absolute atomic E-state index is 0.0448. The molecule has 0 heterocycles. The summed E-state index contributed by atoms with van der Waals surface area (Å²) in [5.41, 5.74) is 0.0634. The molecular formula is C14H19BrF3N. The molecular weight excluding hydrogens is 319 g/mol. The van der Waals surface area contributed by atoms with E-state index in [2.05, 4.69) is 35.1 Å². The normalized spacial score (nSPS) is 13.9. The van der Waals surface area contributed by atoms with Crippen molar-refractivity contribution in [3.8, 4) is 0 Å². The molecule has 0 amide bonds. The molecule has 1 unspecified atom stereocenters. The van der Waals surface area contributed by atoms with Crippen molar-refractivity contribution < 1.29 is 13.2 Å². The van der Waals surface area contributed by atoms with Crippen LogP contribution in [0.25, 0.3) is 0 Å². The van der Waals surface area contributed by atoms with Crippen molar-refractivity contribution in [3.05, 3.63) is 33.8 Å². The Balaban J connectivity index is 2.99. The third-order valence-electron chi connectivity index (χ3n) is 3.08. The third kappa shape index (κ3) is 4.80. The summed E-state index contributed by atoms with van der Waals surface area (Å²) in [5.74, 6) is 0.536. The van der Waals surface area contributed by atoms with E-state index < -0.39 is 11.7 Å². The zero-order chi connectivity index (χ0) is 14.6. The lowest BCUT2D eigenvalue weighted by atomic mass is 9.96. The number of halogens is 4. The third-order valence-corrected chi connectivity index (χ3v) is 3.77. The van der Waals surface area contributed by atoms with E-state index in [0.29, 0.717) is 11.5 Å². The fraction of sp³-hybridized carbons (Fsp3) is 0.571. The van der Waals surface area contributed by atoms with Gasteiger partial charge in [-0.2, -0.15) is 13.2 Å². The maximum Gasteiger partial charge on any atom is 0.417 e. The molecule has 0 aliphatic heterocycles. The van der Waals surface area contributed by atoms with Crippen molar-refractivity contribution in [2.45, 2.75) is 38.9 Å². The van der Waals surface area contributed by atoms with Gasteiger partial charge in [-0.25, -0.2) is 0 Å². The highest BCUT2D eigenvalue weighted by Gasteiger charge is 2.33. The molecule has 0 spiro atoms. The van der Waals surface area contributed by atoms with Crippen molar-refractivity contribution in [2.75, 3.05) is 7.05 Å². The van der Waals surface area contributed by atoms with Gasteiger partial charge in [-0.15, -0.1) is 0 Å². The van der Waals surface area contributed by atoms with E-state index in [1.165, 1.54) is 12.1 Å². The largest absolute Gasteiger partial charge is 0.417 e.